The smallest absolute Gasteiger partial charge is 0.0209 e. The van der Waals surface area contributed by atoms with Gasteiger partial charge in [-0.2, -0.15) is 0 Å². The van der Waals surface area contributed by atoms with Crippen LogP contribution in [-0.4, -0.2) is 0 Å². The molecule has 0 heteroatoms. The van der Waals surface area contributed by atoms with Crippen molar-refractivity contribution < 1.29 is 0 Å². The molecule has 0 saturated carbocycles. The van der Waals surface area contributed by atoms with Crippen LogP contribution in [0.2, 0.25) is 0 Å². The summed E-state index contributed by atoms with van der Waals surface area (Å²) < 4.78 is 0. The van der Waals surface area contributed by atoms with E-state index < -0.39 is 0 Å². The molecule has 0 aliphatic rings. The molecule has 0 nitrogen and oxygen atoms in total. The average molecular weight is 94.2 g/mol. The summed E-state index contributed by atoms with van der Waals surface area (Å²) in [7, 11) is 0. The van der Waals surface area contributed by atoms with Crippen LogP contribution in [0.5, 0.6) is 0 Å². The second-order valence-electron chi connectivity index (χ2n) is 1.21. The molecular formula is C7H10. The molecule has 0 bridgehead atoms. The van der Waals surface area contributed by atoms with Crippen LogP contribution in [0.4, 0.5) is 0 Å². The van der Waals surface area contributed by atoms with E-state index in [1.165, 1.54) is 0 Å². The van der Waals surface area contributed by atoms with E-state index in [1.54, 1.807) is 6.08 Å². The van der Waals surface area contributed by atoms with E-state index in [0.29, 0.717) is 0 Å². The second-order valence-corrected chi connectivity index (χ2v) is 1.21. The van der Waals surface area contributed by atoms with Gasteiger partial charge in [-0.3, -0.25) is 0 Å². The van der Waals surface area contributed by atoms with E-state index in [0.717, 1.165) is 6.42 Å². The van der Waals surface area contributed by atoms with Crippen molar-refractivity contribution in [3.05, 3.63) is 30.5 Å². The molecule has 0 aliphatic heterocycles. The van der Waals surface area contributed by atoms with Crippen molar-refractivity contribution >= 4 is 0 Å². The van der Waals surface area contributed by atoms with Crippen LogP contribution in [0.3, 0.4) is 0 Å². The molecule has 38 valence electrons. The predicted octanol–water partition coefficient (Wildman–Crippen LogP) is 2.29. The highest BCUT2D eigenvalue weighted by atomic mass is 13.6. The fraction of sp³-hybridized carbons (Fsp3) is 0.286. The van der Waals surface area contributed by atoms with Gasteiger partial charge in [0.1, 0.15) is 0 Å². The Morgan fingerprint density at radius 2 is 2.43 bits per heavy atom. The molecule has 0 amide bonds. The summed E-state index contributed by atoms with van der Waals surface area (Å²) in [6.07, 6.45) is 6.87. The van der Waals surface area contributed by atoms with Crippen molar-refractivity contribution in [2.45, 2.75) is 13.3 Å². The van der Waals surface area contributed by atoms with Gasteiger partial charge in [-0.25, -0.2) is 0 Å². The maximum absolute atomic E-state index is 3.40. The standard InChI is InChI=1S/C7H10/c1-3-5-7-6-4-2/h5-7H,1,4H2,2H3/b7-6+. The van der Waals surface area contributed by atoms with Crippen molar-refractivity contribution in [2.24, 2.45) is 0 Å². The first-order valence-electron chi connectivity index (χ1n) is 2.42. The van der Waals surface area contributed by atoms with Gasteiger partial charge in [-0.1, -0.05) is 25.7 Å². The first-order chi connectivity index (χ1) is 3.41. The Kier molecular flexibility index (Phi) is 4.70. The number of allylic oxidation sites excluding steroid dienone is 3. The maximum atomic E-state index is 3.40. The molecule has 0 spiro atoms. The highest BCUT2D eigenvalue weighted by Crippen LogP contribution is 1.77. The number of hydrogen-bond donors (Lipinski definition) is 0. The van der Waals surface area contributed by atoms with E-state index in [-0.39, 0.29) is 0 Å². The molecular weight excluding hydrogens is 84.1 g/mol. The Labute approximate surface area is 44.9 Å². The van der Waals surface area contributed by atoms with E-state index in [9.17, 15) is 0 Å². The van der Waals surface area contributed by atoms with Crippen molar-refractivity contribution in [3.63, 3.8) is 0 Å². The van der Waals surface area contributed by atoms with Gasteiger partial charge in [0.2, 0.25) is 0 Å². The topological polar surface area (TPSA) is 0 Å². The molecule has 0 fully saturated rings. The largest absolute Gasteiger partial charge is 0.129 e. The summed E-state index contributed by atoms with van der Waals surface area (Å²) in [5, 5.41) is 0. The average Bonchev–Trinajstić information content (AvgIpc) is 1.69. The minimum absolute atomic E-state index is 1.08. The molecule has 0 aliphatic carbocycles. The molecule has 0 aromatic rings. The highest BCUT2D eigenvalue weighted by Gasteiger charge is 1.56. The molecule has 0 rings (SSSR count). The third kappa shape index (κ3) is 5.26. The maximum Gasteiger partial charge on any atom is -0.0209 e. The molecule has 0 unspecified atom stereocenters. The third-order valence-corrected chi connectivity index (χ3v) is 0.586. The molecule has 0 saturated heterocycles. The van der Waals surface area contributed by atoms with Crippen LogP contribution in [0.15, 0.2) is 30.5 Å². The van der Waals surface area contributed by atoms with Gasteiger partial charge in [0.15, 0.2) is 0 Å². The van der Waals surface area contributed by atoms with Crippen LogP contribution in [0.1, 0.15) is 13.3 Å². The number of hydrogen-bond acceptors (Lipinski definition) is 0. The fourth-order valence-electron chi connectivity index (χ4n) is 0.272. The van der Waals surface area contributed by atoms with E-state index >= 15 is 0 Å². The minimum atomic E-state index is 1.08. The van der Waals surface area contributed by atoms with Crippen molar-refractivity contribution in [1.29, 1.82) is 0 Å². The van der Waals surface area contributed by atoms with Crippen molar-refractivity contribution in [1.82, 2.24) is 0 Å². The Bertz CT molecular complexity index is 92.6. The van der Waals surface area contributed by atoms with E-state index in [2.05, 4.69) is 25.3 Å². The van der Waals surface area contributed by atoms with Gasteiger partial charge in [-0.15, -0.1) is 5.73 Å². The Balaban J connectivity index is 3.27. The van der Waals surface area contributed by atoms with Crippen molar-refractivity contribution in [2.75, 3.05) is 0 Å². The summed E-state index contributed by atoms with van der Waals surface area (Å²) in [6, 6.07) is 0. The van der Waals surface area contributed by atoms with Crippen molar-refractivity contribution in [3.8, 4) is 0 Å². The van der Waals surface area contributed by atoms with Crippen LogP contribution in [0, 0.1) is 0 Å². The second kappa shape index (κ2) is 5.26. The molecule has 0 aromatic heterocycles. The summed E-state index contributed by atoms with van der Waals surface area (Å²) in [6.45, 7) is 5.49. The van der Waals surface area contributed by atoms with E-state index in [1.807, 2.05) is 6.08 Å². The summed E-state index contributed by atoms with van der Waals surface area (Å²) in [5.74, 6) is 0. The highest BCUT2D eigenvalue weighted by molar-refractivity contribution is 4.99. The normalized spacial score (nSPS) is 8.71. The third-order valence-electron chi connectivity index (χ3n) is 0.586. The molecule has 0 N–H and O–H groups in total. The zero-order valence-corrected chi connectivity index (χ0v) is 4.65. The summed E-state index contributed by atoms with van der Waals surface area (Å²) >= 11 is 0. The lowest BCUT2D eigenvalue weighted by molar-refractivity contribution is 1.22. The van der Waals surface area contributed by atoms with Gasteiger partial charge in [0.25, 0.3) is 0 Å². The molecule has 0 heterocycles. The predicted molar refractivity (Wildman–Crippen MR) is 33.1 cm³/mol. The quantitative estimate of drug-likeness (QED) is 0.364. The monoisotopic (exact) mass is 94.1 g/mol. The summed E-state index contributed by atoms with van der Waals surface area (Å²) in [5.41, 5.74) is 2.64. The SMILES string of the molecule is C=C=C/C=C/CC. The zero-order valence-electron chi connectivity index (χ0n) is 4.65. The lowest BCUT2D eigenvalue weighted by Gasteiger charge is -1.68. The fourth-order valence-corrected chi connectivity index (χ4v) is 0.272. The minimum Gasteiger partial charge on any atom is -0.129 e. The van der Waals surface area contributed by atoms with Gasteiger partial charge in [-0.05, 0) is 12.5 Å². The van der Waals surface area contributed by atoms with Crippen LogP contribution < -0.4 is 0 Å². The molecule has 0 atom stereocenters. The lowest BCUT2D eigenvalue weighted by Crippen LogP contribution is -1.47. The Morgan fingerprint density at radius 1 is 1.71 bits per heavy atom. The zero-order chi connectivity index (χ0) is 5.54. The van der Waals surface area contributed by atoms with Gasteiger partial charge < -0.3 is 0 Å². The van der Waals surface area contributed by atoms with Gasteiger partial charge in [0.05, 0.1) is 0 Å². The Hall–Kier alpha value is -0.740. The van der Waals surface area contributed by atoms with Crippen LogP contribution >= 0.6 is 0 Å². The van der Waals surface area contributed by atoms with Gasteiger partial charge in [0, 0.05) is 0 Å². The lowest BCUT2D eigenvalue weighted by atomic mass is 10.4. The van der Waals surface area contributed by atoms with Crippen LogP contribution in [-0.2, 0) is 0 Å². The Morgan fingerprint density at radius 3 is 2.86 bits per heavy atom. The molecule has 0 aromatic carbocycles. The first kappa shape index (κ1) is 6.26. The number of rotatable bonds is 2. The van der Waals surface area contributed by atoms with Gasteiger partial charge >= 0.3 is 0 Å². The van der Waals surface area contributed by atoms with E-state index in [4.69, 9.17) is 0 Å². The molecule has 7 heavy (non-hydrogen) atoms. The van der Waals surface area contributed by atoms with Crippen LogP contribution in [0.25, 0.3) is 0 Å². The molecule has 0 radical (unpaired) electrons. The summed E-state index contributed by atoms with van der Waals surface area (Å²) in [4.78, 5) is 0. The first-order valence-corrected chi connectivity index (χ1v) is 2.42.